The number of hydrogen-bond donors (Lipinski definition) is 1. The lowest BCUT2D eigenvalue weighted by Crippen LogP contribution is -2.11. The summed E-state index contributed by atoms with van der Waals surface area (Å²) in [6, 6.07) is 14.5. The number of halogens is 1. The van der Waals surface area contributed by atoms with Crippen LogP contribution in [-0.2, 0) is 0 Å². The Kier molecular flexibility index (Phi) is 3.54. The molecular weight excluding hydrogens is 265 g/mol. The van der Waals surface area contributed by atoms with Crippen LogP contribution in [0.5, 0.6) is 0 Å². The van der Waals surface area contributed by atoms with Gasteiger partial charge in [-0.15, -0.1) is 0 Å². The van der Waals surface area contributed by atoms with Gasteiger partial charge in [0.25, 0.3) is 0 Å². The number of nitrogens with zero attached hydrogens (tertiary/aromatic N) is 2. The fourth-order valence-electron chi connectivity index (χ4n) is 2.27. The Morgan fingerprint density at radius 1 is 1.10 bits per heavy atom. The molecule has 2 N–H and O–H groups in total. The molecule has 1 aromatic heterocycles. The van der Waals surface area contributed by atoms with Crippen molar-refractivity contribution in [2.45, 2.75) is 13.0 Å². The first-order chi connectivity index (χ1) is 10.1. The quantitative estimate of drug-likeness (QED) is 0.800. The molecule has 1 heterocycles. The zero-order valence-corrected chi connectivity index (χ0v) is 11.7. The molecule has 1 atom stereocenters. The van der Waals surface area contributed by atoms with E-state index in [1.54, 1.807) is 29.9 Å². The second-order valence-electron chi connectivity index (χ2n) is 5.04. The number of aryl methyl sites for hydroxylation is 1. The average molecular weight is 281 g/mol. The summed E-state index contributed by atoms with van der Waals surface area (Å²) >= 11 is 0. The van der Waals surface area contributed by atoms with Crippen LogP contribution in [0.1, 0.15) is 22.7 Å². The molecule has 1 unspecified atom stereocenters. The van der Waals surface area contributed by atoms with E-state index in [0.717, 1.165) is 16.8 Å². The van der Waals surface area contributed by atoms with Crippen molar-refractivity contribution in [3.05, 3.63) is 83.4 Å². The molecule has 3 aromatic rings. The summed E-state index contributed by atoms with van der Waals surface area (Å²) in [5, 5.41) is 4.34. The van der Waals surface area contributed by atoms with Gasteiger partial charge >= 0.3 is 0 Å². The fraction of sp³-hybridized carbons (Fsp3) is 0.118. The van der Waals surface area contributed by atoms with E-state index in [-0.39, 0.29) is 11.9 Å². The molecular formula is C17H16FN3. The van der Waals surface area contributed by atoms with E-state index in [1.807, 2.05) is 36.5 Å². The standard InChI is InChI=1S/C17H16FN3/c1-12-9-13(7-8-16(12)18)17(19)14-10-20-21(11-14)15-5-3-2-4-6-15/h2-11,17H,19H2,1H3. The number of benzene rings is 2. The van der Waals surface area contributed by atoms with Gasteiger partial charge in [-0.05, 0) is 36.2 Å². The Morgan fingerprint density at radius 2 is 1.86 bits per heavy atom. The van der Waals surface area contributed by atoms with Gasteiger partial charge in [0.15, 0.2) is 0 Å². The summed E-state index contributed by atoms with van der Waals surface area (Å²) in [6.45, 7) is 1.74. The van der Waals surface area contributed by atoms with Gasteiger partial charge in [0, 0.05) is 11.8 Å². The second-order valence-corrected chi connectivity index (χ2v) is 5.04. The SMILES string of the molecule is Cc1cc(C(N)c2cnn(-c3ccccc3)c2)ccc1F. The Labute approximate surface area is 122 Å². The first-order valence-electron chi connectivity index (χ1n) is 6.77. The molecule has 0 saturated carbocycles. The second kappa shape index (κ2) is 5.50. The highest BCUT2D eigenvalue weighted by Gasteiger charge is 2.13. The van der Waals surface area contributed by atoms with Crippen molar-refractivity contribution in [2.75, 3.05) is 0 Å². The van der Waals surface area contributed by atoms with Crippen molar-refractivity contribution in [1.82, 2.24) is 9.78 Å². The minimum Gasteiger partial charge on any atom is -0.320 e. The van der Waals surface area contributed by atoms with Gasteiger partial charge in [0.2, 0.25) is 0 Å². The van der Waals surface area contributed by atoms with Crippen molar-refractivity contribution >= 4 is 0 Å². The van der Waals surface area contributed by atoms with E-state index in [2.05, 4.69) is 5.10 Å². The maximum atomic E-state index is 13.3. The molecule has 3 nitrogen and oxygen atoms in total. The third-order valence-corrected chi connectivity index (χ3v) is 3.52. The van der Waals surface area contributed by atoms with E-state index in [0.29, 0.717) is 5.56 Å². The van der Waals surface area contributed by atoms with Crippen molar-refractivity contribution in [3.8, 4) is 5.69 Å². The lowest BCUT2D eigenvalue weighted by Gasteiger charge is -2.11. The maximum absolute atomic E-state index is 13.3. The van der Waals surface area contributed by atoms with Crippen LogP contribution in [0.4, 0.5) is 4.39 Å². The van der Waals surface area contributed by atoms with Crippen LogP contribution >= 0.6 is 0 Å². The summed E-state index contributed by atoms with van der Waals surface area (Å²) in [5.74, 6) is -0.217. The van der Waals surface area contributed by atoms with Crippen molar-refractivity contribution in [2.24, 2.45) is 5.73 Å². The lowest BCUT2D eigenvalue weighted by atomic mass is 10.0. The zero-order chi connectivity index (χ0) is 14.8. The highest BCUT2D eigenvalue weighted by molar-refractivity contribution is 5.35. The molecule has 0 spiro atoms. The van der Waals surface area contributed by atoms with E-state index >= 15 is 0 Å². The van der Waals surface area contributed by atoms with Crippen molar-refractivity contribution < 1.29 is 4.39 Å². The average Bonchev–Trinajstić information content (AvgIpc) is 3.00. The summed E-state index contributed by atoms with van der Waals surface area (Å²) < 4.78 is 15.1. The Balaban J connectivity index is 1.90. The molecule has 0 bridgehead atoms. The molecule has 0 saturated heterocycles. The molecule has 0 fully saturated rings. The number of para-hydroxylation sites is 1. The maximum Gasteiger partial charge on any atom is 0.126 e. The summed E-state index contributed by atoms with van der Waals surface area (Å²) in [5.41, 5.74) is 9.59. The molecule has 3 rings (SSSR count). The summed E-state index contributed by atoms with van der Waals surface area (Å²) in [7, 11) is 0. The Morgan fingerprint density at radius 3 is 2.57 bits per heavy atom. The highest BCUT2D eigenvalue weighted by atomic mass is 19.1. The van der Waals surface area contributed by atoms with E-state index in [4.69, 9.17) is 5.73 Å². The van der Waals surface area contributed by atoms with Gasteiger partial charge in [-0.3, -0.25) is 0 Å². The first-order valence-corrected chi connectivity index (χ1v) is 6.77. The molecule has 0 aliphatic heterocycles. The number of nitrogens with two attached hydrogens (primary N) is 1. The molecule has 0 radical (unpaired) electrons. The van der Waals surface area contributed by atoms with Gasteiger partial charge < -0.3 is 5.73 Å². The molecule has 0 aliphatic rings. The lowest BCUT2D eigenvalue weighted by molar-refractivity contribution is 0.617. The van der Waals surface area contributed by atoms with E-state index in [1.165, 1.54) is 6.07 Å². The molecule has 21 heavy (non-hydrogen) atoms. The predicted octanol–water partition coefficient (Wildman–Crippen LogP) is 3.37. The fourth-order valence-corrected chi connectivity index (χ4v) is 2.27. The molecule has 4 heteroatoms. The van der Waals surface area contributed by atoms with Crippen LogP contribution in [0.25, 0.3) is 5.69 Å². The van der Waals surface area contributed by atoms with Crippen LogP contribution in [-0.4, -0.2) is 9.78 Å². The van der Waals surface area contributed by atoms with Crippen LogP contribution < -0.4 is 5.73 Å². The topological polar surface area (TPSA) is 43.8 Å². The van der Waals surface area contributed by atoms with Crippen molar-refractivity contribution in [1.29, 1.82) is 0 Å². The smallest absolute Gasteiger partial charge is 0.126 e. The summed E-state index contributed by atoms with van der Waals surface area (Å²) in [6.07, 6.45) is 3.65. The molecule has 0 aliphatic carbocycles. The van der Waals surface area contributed by atoms with Crippen molar-refractivity contribution in [3.63, 3.8) is 0 Å². The van der Waals surface area contributed by atoms with Gasteiger partial charge in [-0.2, -0.15) is 5.10 Å². The zero-order valence-electron chi connectivity index (χ0n) is 11.7. The molecule has 0 amide bonds. The minimum absolute atomic E-state index is 0.217. The molecule has 2 aromatic carbocycles. The molecule has 106 valence electrons. The van der Waals surface area contributed by atoms with Crippen LogP contribution in [0.3, 0.4) is 0 Å². The van der Waals surface area contributed by atoms with Crippen LogP contribution in [0, 0.1) is 12.7 Å². The number of hydrogen-bond acceptors (Lipinski definition) is 2. The first kappa shape index (κ1) is 13.5. The largest absolute Gasteiger partial charge is 0.320 e. The third-order valence-electron chi connectivity index (χ3n) is 3.52. The monoisotopic (exact) mass is 281 g/mol. The predicted molar refractivity (Wildman–Crippen MR) is 80.7 cm³/mol. The van der Waals surface area contributed by atoms with Crippen LogP contribution in [0.2, 0.25) is 0 Å². The minimum atomic E-state index is -0.318. The van der Waals surface area contributed by atoms with E-state index < -0.39 is 0 Å². The number of rotatable bonds is 3. The normalized spacial score (nSPS) is 12.3. The Bertz CT molecular complexity index is 750. The highest BCUT2D eigenvalue weighted by Crippen LogP contribution is 2.22. The summed E-state index contributed by atoms with van der Waals surface area (Å²) in [4.78, 5) is 0. The van der Waals surface area contributed by atoms with Gasteiger partial charge in [-0.1, -0.05) is 30.3 Å². The number of aromatic nitrogens is 2. The van der Waals surface area contributed by atoms with Crippen LogP contribution in [0.15, 0.2) is 60.9 Å². The Hall–Kier alpha value is -2.46. The van der Waals surface area contributed by atoms with Gasteiger partial charge in [0.1, 0.15) is 5.82 Å². The van der Waals surface area contributed by atoms with Gasteiger partial charge in [-0.25, -0.2) is 9.07 Å². The third kappa shape index (κ3) is 2.71. The van der Waals surface area contributed by atoms with E-state index in [9.17, 15) is 4.39 Å². The van der Waals surface area contributed by atoms with Gasteiger partial charge in [0.05, 0.1) is 17.9 Å².